The van der Waals surface area contributed by atoms with Crippen molar-refractivity contribution in [3.8, 4) is 11.5 Å². The fourth-order valence-corrected chi connectivity index (χ4v) is 1.03. The number of hydrogen-bond acceptors (Lipinski definition) is 3. The zero-order chi connectivity index (χ0) is 10.2. The molecule has 0 saturated heterocycles. The molecule has 1 aromatic carbocycles. The third-order valence-corrected chi connectivity index (χ3v) is 1.76. The van der Waals surface area contributed by atoms with Gasteiger partial charge in [0, 0.05) is 6.61 Å². The molecule has 0 atom stereocenters. The van der Waals surface area contributed by atoms with Crippen molar-refractivity contribution in [1.29, 1.82) is 0 Å². The Kier molecular flexibility index (Phi) is 4.86. The van der Waals surface area contributed by atoms with Gasteiger partial charge in [-0.3, -0.25) is 0 Å². The second kappa shape index (κ2) is 6.27. The highest BCUT2D eigenvalue weighted by Gasteiger charge is 1.94. The van der Waals surface area contributed by atoms with Gasteiger partial charge in [0.2, 0.25) is 0 Å². The van der Waals surface area contributed by atoms with Crippen molar-refractivity contribution in [2.24, 2.45) is 0 Å². The third-order valence-electron chi connectivity index (χ3n) is 1.76. The molecule has 0 unspecified atom stereocenters. The minimum atomic E-state index is 0.584. The first-order valence-corrected chi connectivity index (χ1v) is 4.71. The molecule has 1 rings (SSSR count). The number of methoxy groups -OCH3 is 1. The number of benzene rings is 1. The summed E-state index contributed by atoms with van der Waals surface area (Å²) in [5.74, 6) is 1.67. The highest BCUT2D eigenvalue weighted by molar-refractivity contribution is 5.31. The van der Waals surface area contributed by atoms with Gasteiger partial charge in [0.05, 0.1) is 13.7 Å². The van der Waals surface area contributed by atoms with Crippen LogP contribution in [0.15, 0.2) is 24.3 Å². The van der Waals surface area contributed by atoms with Crippen LogP contribution < -0.4 is 9.47 Å². The van der Waals surface area contributed by atoms with E-state index in [1.165, 1.54) is 0 Å². The van der Waals surface area contributed by atoms with E-state index in [2.05, 4.69) is 0 Å². The molecular weight excluding hydrogens is 180 g/mol. The van der Waals surface area contributed by atoms with Gasteiger partial charge in [-0.25, -0.2) is 0 Å². The fourth-order valence-electron chi connectivity index (χ4n) is 1.03. The summed E-state index contributed by atoms with van der Waals surface area (Å²) in [6, 6.07) is 7.50. The van der Waals surface area contributed by atoms with E-state index < -0.39 is 0 Å². The van der Waals surface area contributed by atoms with Crippen LogP contribution in [0.4, 0.5) is 0 Å². The maximum Gasteiger partial charge on any atom is 0.119 e. The lowest BCUT2D eigenvalue weighted by Gasteiger charge is -2.06. The summed E-state index contributed by atoms with van der Waals surface area (Å²) in [5.41, 5.74) is 0. The second-order valence-corrected chi connectivity index (χ2v) is 2.72. The molecule has 0 heterocycles. The van der Waals surface area contributed by atoms with Gasteiger partial charge >= 0.3 is 0 Å². The molecule has 0 fully saturated rings. The third kappa shape index (κ3) is 3.66. The number of ether oxygens (including phenoxy) is 3. The summed E-state index contributed by atoms with van der Waals surface area (Å²) < 4.78 is 15.6. The molecule has 0 aliphatic carbocycles. The topological polar surface area (TPSA) is 27.7 Å². The molecule has 78 valence electrons. The van der Waals surface area contributed by atoms with Crippen molar-refractivity contribution in [3.63, 3.8) is 0 Å². The van der Waals surface area contributed by atoms with Crippen LogP contribution in [0.5, 0.6) is 11.5 Å². The Morgan fingerprint density at radius 3 is 2.21 bits per heavy atom. The molecule has 14 heavy (non-hydrogen) atoms. The Morgan fingerprint density at radius 2 is 1.64 bits per heavy atom. The normalized spacial score (nSPS) is 9.86. The van der Waals surface area contributed by atoms with Crippen molar-refractivity contribution in [1.82, 2.24) is 0 Å². The minimum Gasteiger partial charge on any atom is -0.497 e. The van der Waals surface area contributed by atoms with Crippen LogP contribution in [-0.4, -0.2) is 26.9 Å². The SMILES string of the molecule is CCOCCOc1ccc(OC)cc1. The van der Waals surface area contributed by atoms with Crippen LogP contribution >= 0.6 is 0 Å². The predicted octanol–water partition coefficient (Wildman–Crippen LogP) is 2.11. The highest BCUT2D eigenvalue weighted by Crippen LogP contribution is 2.16. The molecule has 0 aromatic heterocycles. The van der Waals surface area contributed by atoms with E-state index in [1.807, 2.05) is 31.2 Å². The summed E-state index contributed by atoms with van der Waals surface area (Å²) in [6.07, 6.45) is 0. The molecular formula is C11H16O3. The van der Waals surface area contributed by atoms with Crippen LogP contribution in [0.1, 0.15) is 6.92 Å². The van der Waals surface area contributed by atoms with E-state index in [9.17, 15) is 0 Å². The zero-order valence-electron chi connectivity index (χ0n) is 8.66. The van der Waals surface area contributed by atoms with E-state index in [0.717, 1.165) is 18.1 Å². The van der Waals surface area contributed by atoms with Crippen molar-refractivity contribution in [3.05, 3.63) is 24.3 Å². The monoisotopic (exact) mass is 196 g/mol. The summed E-state index contributed by atoms with van der Waals surface area (Å²) in [7, 11) is 1.64. The maximum atomic E-state index is 5.43. The molecule has 0 bridgehead atoms. The number of hydrogen-bond donors (Lipinski definition) is 0. The Hall–Kier alpha value is -1.22. The molecule has 3 nitrogen and oxygen atoms in total. The van der Waals surface area contributed by atoms with Gasteiger partial charge in [-0.15, -0.1) is 0 Å². The van der Waals surface area contributed by atoms with Gasteiger partial charge in [-0.2, -0.15) is 0 Å². The van der Waals surface area contributed by atoms with Gasteiger partial charge in [-0.1, -0.05) is 0 Å². The average Bonchev–Trinajstić information content (AvgIpc) is 2.25. The van der Waals surface area contributed by atoms with Crippen molar-refractivity contribution < 1.29 is 14.2 Å². The molecule has 0 aliphatic rings. The Bertz CT molecular complexity index is 243. The summed E-state index contributed by atoms with van der Waals surface area (Å²) >= 11 is 0. The van der Waals surface area contributed by atoms with E-state index >= 15 is 0 Å². The van der Waals surface area contributed by atoms with E-state index in [1.54, 1.807) is 7.11 Å². The van der Waals surface area contributed by atoms with Crippen molar-refractivity contribution >= 4 is 0 Å². The van der Waals surface area contributed by atoms with Crippen LogP contribution in [-0.2, 0) is 4.74 Å². The number of rotatable bonds is 6. The van der Waals surface area contributed by atoms with Gasteiger partial charge in [-0.05, 0) is 31.2 Å². The van der Waals surface area contributed by atoms with Gasteiger partial charge < -0.3 is 14.2 Å². The first-order valence-electron chi connectivity index (χ1n) is 4.71. The van der Waals surface area contributed by atoms with Gasteiger partial charge in [0.15, 0.2) is 0 Å². The van der Waals surface area contributed by atoms with Crippen LogP contribution in [0.25, 0.3) is 0 Å². The Morgan fingerprint density at radius 1 is 1.00 bits per heavy atom. The second-order valence-electron chi connectivity index (χ2n) is 2.72. The molecule has 0 spiro atoms. The Balaban J connectivity index is 2.29. The highest BCUT2D eigenvalue weighted by atomic mass is 16.5. The minimum absolute atomic E-state index is 0.584. The molecule has 0 N–H and O–H groups in total. The largest absolute Gasteiger partial charge is 0.497 e. The standard InChI is InChI=1S/C11H16O3/c1-3-13-8-9-14-11-6-4-10(12-2)5-7-11/h4-7H,3,8-9H2,1-2H3. The first-order chi connectivity index (χ1) is 6.86. The fraction of sp³-hybridized carbons (Fsp3) is 0.455. The van der Waals surface area contributed by atoms with Crippen LogP contribution in [0.2, 0.25) is 0 Å². The molecule has 1 aromatic rings. The summed E-state index contributed by atoms with van der Waals surface area (Å²) in [6.45, 7) is 3.90. The first kappa shape index (κ1) is 10.9. The quantitative estimate of drug-likeness (QED) is 0.652. The van der Waals surface area contributed by atoms with Crippen molar-refractivity contribution in [2.45, 2.75) is 6.92 Å². The predicted molar refractivity (Wildman–Crippen MR) is 55.0 cm³/mol. The Labute approximate surface area is 84.6 Å². The molecule has 3 heteroatoms. The van der Waals surface area contributed by atoms with Crippen LogP contribution in [0.3, 0.4) is 0 Å². The zero-order valence-corrected chi connectivity index (χ0v) is 8.66. The smallest absolute Gasteiger partial charge is 0.119 e. The van der Waals surface area contributed by atoms with Gasteiger partial charge in [0.25, 0.3) is 0 Å². The lowest BCUT2D eigenvalue weighted by molar-refractivity contribution is 0.110. The molecule has 0 aliphatic heterocycles. The van der Waals surface area contributed by atoms with E-state index in [4.69, 9.17) is 14.2 Å². The van der Waals surface area contributed by atoms with E-state index in [-0.39, 0.29) is 0 Å². The lowest BCUT2D eigenvalue weighted by atomic mass is 10.3. The molecule has 0 saturated carbocycles. The lowest BCUT2D eigenvalue weighted by Crippen LogP contribution is -2.06. The van der Waals surface area contributed by atoms with E-state index in [0.29, 0.717) is 13.2 Å². The summed E-state index contributed by atoms with van der Waals surface area (Å²) in [4.78, 5) is 0. The molecule has 0 radical (unpaired) electrons. The average molecular weight is 196 g/mol. The maximum absolute atomic E-state index is 5.43. The van der Waals surface area contributed by atoms with Crippen LogP contribution in [0, 0.1) is 0 Å². The summed E-state index contributed by atoms with van der Waals surface area (Å²) in [5, 5.41) is 0. The van der Waals surface area contributed by atoms with Crippen molar-refractivity contribution in [2.75, 3.05) is 26.9 Å². The molecule has 0 amide bonds. The van der Waals surface area contributed by atoms with Gasteiger partial charge in [0.1, 0.15) is 18.1 Å².